The quantitative estimate of drug-likeness (QED) is 0.757. The molecule has 18 heavy (non-hydrogen) atoms. The van der Waals surface area contributed by atoms with Crippen LogP contribution in [0.3, 0.4) is 0 Å². The summed E-state index contributed by atoms with van der Waals surface area (Å²) in [5.41, 5.74) is -0.0494. The molecule has 0 aliphatic carbocycles. The average Bonchev–Trinajstić information content (AvgIpc) is 2.35. The van der Waals surface area contributed by atoms with Crippen LogP contribution in [0.25, 0.3) is 0 Å². The molecule has 2 nitrogen and oxygen atoms in total. The van der Waals surface area contributed by atoms with Gasteiger partial charge in [0.1, 0.15) is 11.6 Å². The molecule has 1 aromatic carbocycles. The van der Waals surface area contributed by atoms with E-state index in [2.05, 4.69) is 0 Å². The Bertz CT molecular complexity index is 478. The highest BCUT2D eigenvalue weighted by atomic mass is 35.5. The van der Waals surface area contributed by atoms with Crippen LogP contribution in [0.15, 0.2) is 12.1 Å². The fourth-order valence-electron chi connectivity index (χ4n) is 2.38. The number of piperidine rings is 1. The van der Waals surface area contributed by atoms with Crippen molar-refractivity contribution in [1.82, 2.24) is 4.90 Å². The summed E-state index contributed by atoms with van der Waals surface area (Å²) in [6.45, 7) is 3.05. The van der Waals surface area contributed by atoms with E-state index < -0.39 is 17.6 Å². The molecule has 1 saturated heterocycles. The number of amides is 1. The molecule has 0 saturated carbocycles. The van der Waals surface area contributed by atoms with E-state index >= 15 is 0 Å². The number of rotatable bonds is 2. The van der Waals surface area contributed by atoms with Gasteiger partial charge in [-0.2, -0.15) is 0 Å². The molecule has 1 aliphatic rings. The summed E-state index contributed by atoms with van der Waals surface area (Å²) in [6.07, 6.45) is 0.704. The third-order valence-electron chi connectivity index (χ3n) is 3.39. The first kappa shape index (κ1) is 13.3. The van der Waals surface area contributed by atoms with Crippen molar-refractivity contribution in [2.75, 3.05) is 13.1 Å². The molecule has 2 rings (SSSR count). The summed E-state index contributed by atoms with van der Waals surface area (Å²) < 4.78 is 27.6. The van der Waals surface area contributed by atoms with Crippen LogP contribution >= 0.6 is 11.6 Å². The van der Waals surface area contributed by atoms with E-state index in [0.29, 0.717) is 19.5 Å². The first-order valence-corrected chi connectivity index (χ1v) is 6.33. The fraction of sp³-hybridized carbons (Fsp3) is 0.462. The maximum absolute atomic E-state index is 13.9. The maximum Gasteiger partial charge on any atom is 0.223 e. The van der Waals surface area contributed by atoms with Gasteiger partial charge in [0.15, 0.2) is 0 Å². The highest BCUT2D eigenvalue weighted by Gasteiger charge is 2.30. The smallest absolute Gasteiger partial charge is 0.223 e. The monoisotopic (exact) mass is 273 g/mol. The lowest BCUT2D eigenvalue weighted by Gasteiger charge is -2.31. The van der Waals surface area contributed by atoms with Gasteiger partial charge in [0.25, 0.3) is 0 Å². The molecule has 0 radical (unpaired) electrons. The van der Waals surface area contributed by atoms with Crippen LogP contribution in [0.5, 0.6) is 0 Å². The minimum atomic E-state index is -0.737. The van der Waals surface area contributed by atoms with E-state index in [-0.39, 0.29) is 22.9 Å². The van der Waals surface area contributed by atoms with Crippen LogP contribution < -0.4 is 0 Å². The Morgan fingerprint density at radius 3 is 2.78 bits per heavy atom. The van der Waals surface area contributed by atoms with Crippen molar-refractivity contribution in [2.45, 2.75) is 25.7 Å². The first-order chi connectivity index (χ1) is 8.54. The zero-order valence-corrected chi connectivity index (χ0v) is 10.8. The summed E-state index contributed by atoms with van der Waals surface area (Å²) in [4.78, 5) is 13.5. The van der Waals surface area contributed by atoms with Crippen LogP contribution in [0.2, 0.25) is 5.02 Å². The highest BCUT2D eigenvalue weighted by molar-refractivity contribution is 6.30. The van der Waals surface area contributed by atoms with Crippen molar-refractivity contribution in [3.8, 4) is 0 Å². The predicted molar refractivity (Wildman–Crippen MR) is 65.6 cm³/mol. The van der Waals surface area contributed by atoms with E-state index in [0.717, 1.165) is 6.07 Å². The summed E-state index contributed by atoms with van der Waals surface area (Å²) in [7, 11) is 0. The second-order valence-corrected chi connectivity index (χ2v) is 4.83. The largest absolute Gasteiger partial charge is 0.343 e. The Balaban J connectivity index is 2.29. The molecular weight excluding hydrogens is 260 g/mol. The number of likely N-dealkylation sites (tertiary alicyclic amines) is 1. The van der Waals surface area contributed by atoms with Gasteiger partial charge in [-0.15, -0.1) is 0 Å². The summed E-state index contributed by atoms with van der Waals surface area (Å²) >= 11 is 5.66. The van der Waals surface area contributed by atoms with Gasteiger partial charge in [0.05, 0.1) is 5.02 Å². The van der Waals surface area contributed by atoms with Crippen LogP contribution in [-0.4, -0.2) is 23.9 Å². The molecule has 1 fully saturated rings. The van der Waals surface area contributed by atoms with Crippen molar-refractivity contribution in [2.24, 2.45) is 0 Å². The summed E-state index contributed by atoms with van der Waals surface area (Å²) in [5.74, 6) is -1.84. The molecule has 5 heteroatoms. The van der Waals surface area contributed by atoms with Crippen molar-refractivity contribution in [3.63, 3.8) is 0 Å². The Hall–Kier alpha value is -1.16. The Labute approximate surface area is 110 Å². The molecule has 1 aliphatic heterocycles. The first-order valence-electron chi connectivity index (χ1n) is 5.95. The number of carbonyl (C=O) groups excluding carboxylic acids is 1. The van der Waals surface area contributed by atoms with Gasteiger partial charge in [-0.25, -0.2) is 8.78 Å². The Kier molecular flexibility index (Phi) is 3.85. The van der Waals surface area contributed by atoms with Gasteiger partial charge in [-0.3, -0.25) is 4.79 Å². The predicted octanol–water partition coefficient (Wildman–Crippen LogP) is 3.34. The number of benzene rings is 1. The molecule has 1 heterocycles. The lowest BCUT2D eigenvalue weighted by Crippen LogP contribution is -2.38. The van der Waals surface area contributed by atoms with Crippen LogP contribution in [0.1, 0.15) is 31.2 Å². The highest BCUT2D eigenvalue weighted by Crippen LogP contribution is 2.34. The molecule has 98 valence electrons. The van der Waals surface area contributed by atoms with E-state index in [1.807, 2.05) is 6.92 Å². The molecular formula is C13H14ClF2NO. The number of carbonyl (C=O) groups is 1. The molecule has 1 aromatic rings. The molecule has 0 bridgehead atoms. The Morgan fingerprint density at radius 1 is 1.44 bits per heavy atom. The van der Waals surface area contributed by atoms with Gasteiger partial charge < -0.3 is 4.90 Å². The third kappa shape index (κ3) is 2.34. The van der Waals surface area contributed by atoms with Crippen LogP contribution in [0, 0.1) is 11.6 Å². The van der Waals surface area contributed by atoms with E-state index in [4.69, 9.17) is 11.6 Å². The number of nitrogens with zero attached hydrogens (tertiary/aromatic N) is 1. The zero-order valence-electron chi connectivity index (χ0n) is 10.0. The standard InChI is InChI=1S/C13H14ClF2NO/c1-2-17-6-5-8(7-11(17)18)12-10(15)4-3-9(14)13(12)16/h3-4,8H,2,5-7H2,1H3. The lowest BCUT2D eigenvalue weighted by molar-refractivity contribution is -0.133. The lowest BCUT2D eigenvalue weighted by atomic mass is 9.88. The van der Waals surface area contributed by atoms with Crippen molar-refractivity contribution >= 4 is 17.5 Å². The molecule has 0 N–H and O–H groups in total. The third-order valence-corrected chi connectivity index (χ3v) is 3.68. The Morgan fingerprint density at radius 2 is 2.17 bits per heavy atom. The van der Waals surface area contributed by atoms with Crippen LogP contribution in [0.4, 0.5) is 8.78 Å². The van der Waals surface area contributed by atoms with E-state index in [9.17, 15) is 13.6 Å². The molecule has 1 atom stereocenters. The minimum absolute atomic E-state index is 0.0494. The van der Waals surface area contributed by atoms with Crippen molar-refractivity contribution < 1.29 is 13.6 Å². The molecule has 1 amide bonds. The number of halogens is 3. The SMILES string of the molecule is CCN1CCC(c2c(F)ccc(Cl)c2F)CC1=O. The maximum atomic E-state index is 13.9. The van der Waals surface area contributed by atoms with Crippen molar-refractivity contribution in [3.05, 3.63) is 34.4 Å². The topological polar surface area (TPSA) is 20.3 Å². The van der Waals surface area contributed by atoms with Gasteiger partial charge in [0.2, 0.25) is 5.91 Å². The molecule has 1 unspecified atom stereocenters. The normalized spacial score (nSPS) is 20.3. The van der Waals surface area contributed by atoms with Crippen molar-refractivity contribution in [1.29, 1.82) is 0 Å². The number of hydrogen-bond acceptors (Lipinski definition) is 1. The van der Waals surface area contributed by atoms with Crippen LogP contribution in [-0.2, 0) is 4.79 Å². The van der Waals surface area contributed by atoms with E-state index in [1.165, 1.54) is 6.07 Å². The zero-order chi connectivity index (χ0) is 13.3. The van der Waals surface area contributed by atoms with Gasteiger partial charge >= 0.3 is 0 Å². The summed E-state index contributed by atoms with van der Waals surface area (Å²) in [5, 5.41) is -0.100. The second-order valence-electron chi connectivity index (χ2n) is 4.42. The molecule has 0 spiro atoms. The number of hydrogen-bond donors (Lipinski definition) is 0. The fourth-order valence-corrected chi connectivity index (χ4v) is 2.54. The van der Waals surface area contributed by atoms with Gasteiger partial charge in [-0.05, 0) is 25.5 Å². The van der Waals surface area contributed by atoms with Gasteiger partial charge in [0, 0.05) is 31.0 Å². The summed E-state index contributed by atoms with van der Waals surface area (Å²) in [6, 6.07) is 2.34. The van der Waals surface area contributed by atoms with E-state index in [1.54, 1.807) is 4.90 Å². The van der Waals surface area contributed by atoms with Gasteiger partial charge in [-0.1, -0.05) is 11.6 Å². The average molecular weight is 274 g/mol. The minimum Gasteiger partial charge on any atom is -0.343 e. The second kappa shape index (κ2) is 5.22. The molecule has 0 aromatic heterocycles.